The van der Waals surface area contributed by atoms with E-state index in [9.17, 15) is 30.7 Å². The minimum absolute atomic E-state index is 0.0639. The van der Waals surface area contributed by atoms with Crippen LogP contribution in [0.4, 0.5) is 11.4 Å². The van der Waals surface area contributed by atoms with E-state index < -0.39 is 37.0 Å². The molecule has 2 aliphatic rings. The second-order valence-corrected chi connectivity index (χ2v) is 15.4. The summed E-state index contributed by atoms with van der Waals surface area (Å²) < 4.78 is 70.9. The number of carbonyl (C=O) groups is 1. The molecule has 0 spiro atoms. The van der Waals surface area contributed by atoms with Crippen LogP contribution in [-0.4, -0.2) is 60.4 Å². The number of anilines is 1. The van der Waals surface area contributed by atoms with Crippen molar-refractivity contribution in [1.82, 2.24) is 0 Å². The van der Waals surface area contributed by atoms with Gasteiger partial charge in [-0.3, -0.25) is 9.35 Å². The molecule has 2 N–H and O–H groups in total. The Balaban J connectivity index is 1.77. The summed E-state index contributed by atoms with van der Waals surface area (Å²) in [7, 11) is -9.00. The molecule has 248 valence electrons. The van der Waals surface area contributed by atoms with E-state index in [1.807, 2.05) is 65.8 Å². The van der Waals surface area contributed by atoms with Crippen LogP contribution in [0.3, 0.4) is 0 Å². The molecule has 0 bridgehead atoms. The SMILES string of the molecule is CCN1\C(=C/C=C(/C=C/C2=[N+](CC)c3ccc(S(=O)(=O)[O-])cc3C2(C)C)CCCCC(=O)O)C(C)(C)c2cc(S(=O)(=O)O)ccc21. The van der Waals surface area contributed by atoms with Gasteiger partial charge in [-0.1, -0.05) is 26.0 Å². The van der Waals surface area contributed by atoms with Crippen molar-refractivity contribution in [3.8, 4) is 0 Å². The smallest absolute Gasteiger partial charge is 0.303 e. The number of benzene rings is 2. The van der Waals surface area contributed by atoms with Gasteiger partial charge in [0.05, 0.1) is 15.2 Å². The molecule has 0 aromatic heterocycles. The highest BCUT2D eigenvalue weighted by Gasteiger charge is 2.44. The molecule has 2 heterocycles. The summed E-state index contributed by atoms with van der Waals surface area (Å²) in [6.07, 6.45) is 9.83. The Labute approximate surface area is 272 Å². The maximum absolute atomic E-state index is 11.9. The molecule has 2 aromatic carbocycles. The van der Waals surface area contributed by atoms with E-state index in [1.165, 1.54) is 24.3 Å². The van der Waals surface area contributed by atoms with Gasteiger partial charge in [0, 0.05) is 47.5 Å². The van der Waals surface area contributed by atoms with Crippen LogP contribution in [0, 0.1) is 0 Å². The van der Waals surface area contributed by atoms with Gasteiger partial charge in [-0.05, 0) is 94.5 Å². The number of aliphatic carboxylic acids is 1. The number of hydrogen-bond acceptors (Lipinski definition) is 7. The fourth-order valence-corrected chi connectivity index (χ4v) is 7.51. The molecule has 0 saturated heterocycles. The summed E-state index contributed by atoms with van der Waals surface area (Å²) in [5, 5.41) is 9.15. The largest absolute Gasteiger partial charge is 0.744 e. The van der Waals surface area contributed by atoms with E-state index in [1.54, 1.807) is 12.1 Å². The highest BCUT2D eigenvalue weighted by atomic mass is 32.2. The van der Waals surface area contributed by atoms with Crippen LogP contribution >= 0.6 is 0 Å². The number of fused-ring (bicyclic) bond motifs is 2. The molecule has 4 rings (SSSR count). The van der Waals surface area contributed by atoms with Crippen LogP contribution in [0.2, 0.25) is 0 Å². The third-order valence-corrected chi connectivity index (χ3v) is 10.6. The van der Waals surface area contributed by atoms with Crippen molar-refractivity contribution >= 4 is 43.3 Å². The molecule has 0 aliphatic carbocycles. The lowest BCUT2D eigenvalue weighted by Gasteiger charge is -2.26. The first kappa shape index (κ1) is 35.3. The quantitative estimate of drug-likeness (QED) is 0.119. The van der Waals surface area contributed by atoms with Crippen LogP contribution in [0.1, 0.15) is 78.4 Å². The lowest BCUT2D eigenvalue weighted by atomic mass is 9.81. The molecule has 0 amide bonds. The summed E-state index contributed by atoms with van der Waals surface area (Å²) >= 11 is 0. The van der Waals surface area contributed by atoms with Gasteiger partial charge in [0.2, 0.25) is 5.69 Å². The number of nitrogens with zero attached hydrogens (tertiary/aromatic N) is 2. The fraction of sp³-hybridized carbons (Fsp3) is 0.412. The molecule has 0 unspecified atom stereocenters. The first-order valence-electron chi connectivity index (χ1n) is 15.3. The predicted octanol–water partition coefficient (Wildman–Crippen LogP) is 6.06. The van der Waals surface area contributed by atoms with Crippen LogP contribution in [0.25, 0.3) is 0 Å². The number of carboxylic acids is 1. The van der Waals surface area contributed by atoms with Crippen LogP contribution in [0.15, 0.2) is 81.8 Å². The maximum Gasteiger partial charge on any atom is 0.303 e. The number of allylic oxidation sites excluding steroid dienone is 6. The second-order valence-electron chi connectivity index (χ2n) is 12.6. The molecule has 0 atom stereocenters. The Bertz CT molecular complexity index is 1900. The molecule has 0 fully saturated rings. The van der Waals surface area contributed by atoms with Gasteiger partial charge >= 0.3 is 5.97 Å². The Morgan fingerprint density at radius 3 is 2.15 bits per heavy atom. The van der Waals surface area contributed by atoms with Crippen LogP contribution in [-0.2, 0) is 35.9 Å². The van der Waals surface area contributed by atoms with Crippen molar-refractivity contribution in [1.29, 1.82) is 0 Å². The van der Waals surface area contributed by atoms with Gasteiger partial charge in [0.1, 0.15) is 16.7 Å². The average molecular weight is 671 g/mol. The van der Waals surface area contributed by atoms with Crippen molar-refractivity contribution in [3.63, 3.8) is 0 Å². The minimum Gasteiger partial charge on any atom is -0.744 e. The van der Waals surface area contributed by atoms with Crippen LogP contribution in [0.5, 0.6) is 0 Å². The average Bonchev–Trinajstić information content (AvgIpc) is 3.32. The fourth-order valence-electron chi connectivity index (χ4n) is 6.51. The third-order valence-electron chi connectivity index (χ3n) is 8.96. The third kappa shape index (κ3) is 6.90. The number of hydrogen-bond donors (Lipinski definition) is 2. The number of rotatable bonds is 12. The summed E-state index contributed by atoms with van der Waals surface area (Å²) in [5.74, 6) is -0.851. The normalized spacial score (nSPS) is 18.5. The van der Waals surface area contributed by atoms with Crippen molar-refractivity contribution in [2.24, 2.45) is 0 Å². The van der Waals surface area contributed by atoms with E-state index in [0.29, 0.717) is 32.4 Å². The van der Waals surface area contributed by atoms with Crippen molar-refractivity contribution in [2.45, 2.75) is 87.8 Å². The number of unbranched alkanes of at least 4 members (excludes halogenated alkanes) is 1. The van der Waals surface area contributed by atoms with Gasteiger partial charge in [-0.15, -0.1) is 0 Å². The molecule has 0 radical (unpaired) electrons. The zero-order chi connectivity index (χ0) is 34.2. The molecule has 0 saturated carbocycles. The zero-order valence-corrected chi connectivity index (χ0v) is 28.7. The lowest BCUT2D eigenvalue weighted by Crippen LogP contribution is -2.27. The molecule has 10 nitrogen and oxygen atoms in total. The lowest BCUT2D eigenvalue weighted by molar-refractivity contribution is -0.433. The number of likely N-dealkylation sites (N-methyl/N-ethyl adjacent to an activating group) is 1. The Kier molecular flexibility index (Phi) is 9.90. The van der Waals surface area contributed by atoms with Gasteiger partial charge in [0.25, 0.3) is 10.1 Å². The first-order chi connectivity index (χ1) is 21.3. The highest BCUT2D eigenvalue weighted by Crippen LogP contribution is 2.48. The van der Waals surface area contributed by atoms with E-state index in [4.69, 9.17) is 5.11 Å². The Morgan fingerprint density at radius 1 is 0.935 bits per heavy atom. The first-order valence-corrected chi connectivity index (χ1v) is 18.1. The number of carboxylic acid groups (broad SMARTS) is 1. The summed E-state index contributed by atoms with van der Waals surface area (Å²) in [4.78, 5) is 12.8. The van der Waals surface area contributed by atoms with Gasteiger partial charge in [0.15, 0.2) is 5.71 Å². The topological polar surface area (TPSA) is 155 Å². The molecule has 2 aliphatic heterocycles. The van der Waals surface area contributed by atoms with Gasteiger partial charge in [-0.25, -0.2) is 8.42 Å². The van der Waals surface area contributed by atoms with E-state index in [0.717, 1.165) is 39.5 Å². The van der Waals surface area contributed by atoms with E-state index in [-0.39, 0.29) is 16.2 Å². The van der Waals surface area contributed by atoms with Crippen LogP contribution < -0.4 is 4.90 Å². The van der Waals surface area contributed by atoms with E-state index in [2.05, 4.69) is 9.48 Å². The molecular weight excluding hydrogens is 629 g/mol. The van der Waals surface area contributed by atoms with Gasteiger partial charge < -0.3 is 14.6 Å². The zero-order valence-electron chi connectivity index (χ0n) is 27.1. The molecule has 46 heavy (non-hydrogen) atoms. The predicted molar refractivity (Wildman–Crippen MR) is 177 cm³/mol. The van der Waals surface area contributed by atoms with E-state index >= 15 is 0 Å². The summed E-state index contributed by atoms with van der Waals surface area (Å²) in [6, 6.07) is 9.10. The Hall–Kier alpha value is -3.58. The van der Waals surface area contributed by atoms with Crippen molar-refractivity contribution < 1.29 is 40.4 Å². The van der Waals surface area contributed by atoms with Gasteiger partial charge in [-0.2, -0.15) is 13.0 Å². The molecule has 12 heteroatoms. The van der Waals surface area contributed by atoms with Crippen molar-refractivity contribution in [3.05, 3.63) is 83.1 Å². The van der Waals surface area contributed by atoms with Crippen molar-refractivity contribution in [2.75, 3.05) is 18.0 Å². The highest BCUT2D eigenvalue weighted by molar-refractivity contribution is 7.86. The molecule has 2 aromatic rings. The standard InChI is InChI=1S/C34H42N2O8S2/c1-7-35-28-17-15-24(45(39,40)41)21-26(28)33(3,4)30(35)19-13-23(11-9-10-12-32(37)38)14-20-31-34(5,6)27-22-25(46(42,43)44)16-18-29(27)36(31)8-2/h13-22H,7-12H2,1-6H3,(H2-,37,38,39,40,41,42,43,44). The maximum atomic E-state index is 11.9. The summed E-state index contributed by atoms with van der Waals surface area (Å²) in [6.45, 7) is 13.2. The summed E-state index contributed by atoms with van der Waals surface area (Å²) in [5.41, 5.74) is 4.84. The Morgan fingerprint density at radius 2 is 1.57 bits per heavy atom. The monoisotopic (exact) mass is 670 g/mol. The second kappa shape index (κ2) is 12.9. The molecular formula is C34H42N2O8S2. The minimum atomic E-state index is -4.62.